The van der Waals surface area contributed by atoms with Crippen molar-refractivity contribution < 1.29 is 13.2 Å². The number of hydrogen-bond donors (Lipinski definition) is 0. The number of aromatic nitrogens is 2. The molecule has 8 heteroatoms. The lowest BCUT2D eigenvalue weighted by Crippen LogP contribution is -2.34. The molecule has 0 saturated carbocycles. The van der Waals surface area contributed by atoms with Crippen molar-refractivity contribution in [2.45, 2.75) is 19.8 Å². The van der Waals surface area contributed by atoms with Crippen LogP contribution in [0.25, 0.3) is 11.0 Å². The molecule has 1 heterocycles. The minimum Gasteiger partial charge on any atom is -0.302 e. The summed E-state index contributed by atoms with van der Waals surface area (Å²) in [6.07, 6.45) is 3.49. The Morgan fingerprint density at radius 3 is 2.70 bits per heavy atom. The fourth-order valence-corrected chi connectivity index (χ4v) is 3.49. The van der Waals surface area contributed by atoms with Gasteiger partial charge in [-0.2, -0.15) is 13.1 Å². The molecule has 0 saturated heterocycles. The highest BCUT2D eigenvalue weighted by Gasteiger charge is 2.28. The summed E-state index contributed by atoms with van der Waals surface area (Å²) in [5, 5.41) is 0. The van der Waals surface area contributed by atoms with Crippen molar-refractivity contribution in [3.05, 3.63) is 24.5 Å². The number of nitrogens with zero attached hydrogens (tertiary/aromatic N) is 3. The number of rotatable bonds is 9. The first-order valence-electron chi connectivity index (χ1n) is 6.07. The van der Waals surface area contributed by atoms with Gasteiger partial charge in [-0.25, -0.2) is 8.42 Å². The van der Waals surface area contributed by atoms with E-state index in [0.29, 0.717) is 18.4 Å². The number of carbonyl (C=O) groups is 1. The van der Waals surface area contributed by atoms with E-state index in [-0.39, 0.29) is 23.7 Å². The zero-order valence-corrected chi connectivity index (χ0v) is 12.9. The number of carbonyl (C=O) groups excluding carboxylic acids is 1. The molecule has 0 amide bonds. The highest BCUT2D eigenvalue weighted by molar-refractivity contribution is 7.98. The summed E-state index contributed by atoms with van der Waals surface area (Å²) in [4.78, 5) is 10.5. The van der Waals surface area contributed by atoms with Crippen molar-refractivity contribution in [1.82, 2.24) is 13.1 Å². The van der Waals surface area contributed by atoms with Crippen LogP contribution in [0.4, 0.5) is 0 Å². The van der Waals surface area contributed by atoms with E-state index in [1.165, 1.54) is 6.08 Å². The van der Waals surface area contributed by atoms with Crippen LogP contribution in [0.5, 0.6) is 0 Å². The number of aldehydes is 1. The molecule has 0 fully saturated rings. The predicted octanol–water partition coefficient (Wildman–Crippen LogP) is 1.78. The van der Waals surface area contributed by atoms with Crippen molar-refractivity contribution in [1.29, 1.82) is 0 Å². The van der Waals surface area contributed by atoms with E-state index in [4.69, 9.17) is 0 Å². The van der Waals surface area contributed by atoms with Crippen molar-refractivity contribution in [3.63, 3.8) is 0 Å². The molecular weight excluding hydrogens is 298 g/mol. The van der Waals surface area contributed by atoms with E-state index in [0.717, 1.165) is 22.5 Å². The van der Waals surface area contributed by atoms with Crippen LogP contribution in [-0.2, 0) is 14.8 Å². The van der Waals surface area contributed by atoms with Crippen LogP contribution in [0, 0.1) is 0 Å². The van der Waals surface area contributed by atoms with Crippen LogP contribution in [0.3, 0.4) is 0 Å². The molecule has 110 valence electrons. The summed E-state index contributed by atoms with van der Waals surface area (Å²) in [7, 11) is -3.83. The Morgan fingerprint density at radius 2 is 2.15 bits per heavy atom. The van der Waals surface area contributed by atoms with Crippen molar-refractivity contribution >= 4 is 39.0 Å². The van der Waals surface area contributed by atoms with Crippen LogP contribution < -0.4 is 0 Å². The van der Waals surface area contributed by atoms with E-state index in [2.05, 4.69) is 21.9 Å². The van der Waals surface area contributed by atoms with Gasteiger partial charge in [0, 0.05) is 6.54 Å². The molecule has 0 aliphatic heterocycles. The highest BCUT2D eigenvalue weighted by atomic mass is 32.2. The molecule has 0 N–H and O–H groups in total. The SMILES string of the molecule is C=Cc1nsnc1C(=C)S(=O)(=O)N(CC=O)CCCC. The summed E-state index contributed by atoms with van der Waals surface area (Å²) >= 11 is 0.894. The summed E-state index contributed by atoms with van der Waals surface area (Å²) in [6, 6.07) is 0. The lowest BCUT2D eigenvalue weighted by Gasteiger charge is -2.20. The third-order valence-corrected chi connectivity index (χ3v) is 5.03. The Bertz CT molecular complexity index is 593. The predicted molar refractivity (Wildman–Crippen MR) is 80.5 cm³/mol. The van der Waals surface area contributed by atoms with Gasteiger partial charge < -0.3 is 4.79 Å². The number of sulfonamides is 1. The average Bonchev–Trinajstić information content (AvgIpc) is 2.90. The van der Waals surface area contributed by atoms with E-state index in [1.54, 1.807) is 0 Å². The maximum atomic E-state index is 12.5. The topological polar surface area (TPSA) is 80.2 Å². The second kappa shape index (κ2) is 7.41. The van der Waals surface area contributed by atoms with Gasteiger partial charge >= 0.3 is 0 Å². The van der Waals surface area contributed by atoms with Gasteiger partial charge in [-0.3, -0.25) is 0 Å². The lowest BCUT2D eigenvalue weighted by molar-refractivity contribution is -0.108. The molecule has 0 aromatic carbocycles. The molecule has 0 aliphatic rings. The van der Waals surface area contributed by atoms with Crippen LogP contribution in [0.2, 0.25) is 0 Å². The molecule has 0 spiro atoms. The Kier molecular flexibility index (Phi) is 6.18. The highest BCUT2D eigenvalue weighted by Crippen LogP contribution is 2.25. The quantitative estimate of drug-likeness (QED) is 0.649. The van der Waals surface area contributed by atoms with Gasteiger partial charge in [-0.15, -0.1) is 0 Å². The van der Waals surface area contributed by atoms with Gasteiger partial charge in [0.2, 0.25) is 10.0 Å². The molecule has 6 nitrogen and oxygen atoms in total. The lowest BCUT2D eigenvalue weighted by atomic mass is 10.3. The molecule has 1 aromatic rings. The maximum absolute atomic E-state index is 12.5. The molecule has 1 aromatic heterocycles. The molecule has 0 bridgehead atoms. The van der Waals surface area contributed by atoms with Crippen molar-refractivity contribution in [3.8, 4) is 0 Å². The largest absolute Gasteiger partial charge is 0.302 e. The summed E-state index contributed by atoms with van der Waals surface area (Å²) < 4.78 is 33.9. The fourth-order valence-electron chi connectivity index (χ4n) is 1.53. The third-order valence-electron chi connectivity index (χ3n) is 2.66. The summed E-state index contributed by atoms with van der Waals surface area (Å²) in [5.41, 5.74) is 0.572. The monoisotopic (exact) mass is 315 g/mol. The van der Waals surface area contributed by atoms with Crippen LogP contribution in [0.1, 0.15) is 31.2 Å². The minimum absolute atomic E-state index is 0.154. The van der Waals surface area contributed by atoms with Gasteiger partial charge in [0.15, 0.2) is 0 Å². The first-order chi connectivity index (χ1) is 9.48. The van der Waals surface area contributed by atoms with Gasteiger partial charge in [-0.1, -0.05) is 26.5 Å². The maximum Gasteiger partial charge on any atom is 0.245 e. The summed E-state index contributed by atoms with van der Waals surface area (Å²) in [5.74, 6) is 0. The normalized spacial score (nSPS) is 11.5. The molecule has 0 atom stereocenters. The molecule has 20 heavy (non-hydrogen) atoms. The molecule has 0 unspecified atom stereocenters. The minimum atomic E-state index is -3.83. The van der Waals surface area contributed by atoms with E-state index < -0.39 is 10.0 Å². The molecule has 0 aliphatic carbocycles. The smallest absolute Gasteiger partial charge is 0.245 e. The van der Waals surface area contributed by atoms with Gasteiger partial charge in [0.1, 0.15) is 22.6 Å². The average molecular weight is 315 g/mol. The fraction of sp³-hybridized carbons (Fsp3) is 0.417. The van der Waals surface area contributed by atoms with Gasteiger partial charge in [0.05, 0.1) is 18.3 Å². The van der Waals surface area contributed by atoms with E-state index in [1.807, 2.05) is 6.92 Å². The Balaban J connectivity index is 3.09. The Labute approximate surface area is 123 Å². The van der Waals surface area contributed by atoms with Crippen molar-refractivity contribution in [2.75, 3.05) is 13.1 Å². The molecular formula is C12H17N3O3S2. The van der Waals surface area contributed by atoms with Crippen molar-refractivity contribution in [2.24, 2.45) is 0 Å². The zero-order chi connectivity index (χ0) is 15.2. The van der Waals surface area contributed by atoms with Crippen LogP contribution in [0.15, 0.2) is 13.2 Å². The Morgan fingerprint density at radius 1 is 1.45 bits per heavy atom. The Hall–Kier alpha value is -1.38. The number of unbranched alkanes of at least 4 members (excludes halogenated alkanes) is 1. The van der Waals surface area contributed by atoms with E-state index in [9.17, 15) is 13.2 Å². The first kappa shape index (κ1) is 16.7. The third kappa shape index (κ3) is 3.59. The van der Waals surface area contributed by atoms with Gasteiger partial charge in [-0.05, 0) is 12.5 Å². The van der Waals surface area contributed by atoms with Crippen LogP contribution >= 0.6 is 11.7 Å². The standard InChI is InChI=1S/C12H17N3O3S2/c1-4-6-7-15(8-9-16)20(17,18)10(3)12-11(5-2)13-19-14-12/h5,9H,2-4,6-8H2,1H3. The summed E-state index contributed by atoms with van der Waals surface area (Å²) in [6.45, 7) is 9.19. The van der Waals surface area contributed by atoms with Gasteiger partial charge in [0.25, 0.3) is 0 Å². The second-order valence-corrected chi connectivity index (χ2v) is 6.50. The zero-order valence-electron chi connectivity index (χ0n) is 11.3. The first-order valence-corrected chi connectivity index (χ1v) is 8.24. The number of hydrogen-bond acceptors (Lipinski definition) is 6. The second-order valence-electron chi connectivity index (χ2n) is 4.01. The molecule has 0 radical (unpaired) electrons. The van der Waals surface area contributed by atoms with E-state index >= 15 is 0 Å². The molecule has 1 rings (SSSR count). The van der Waals surface area contributed by atoms with Crippen LogP contribution in [-0.4, -0.2) is 40.8 Å².